The average Bonchev–Trinajstić information content (AvgIpc) is 2.39. The van der Waals surface area contributed by atoms with Crippen molar-refractivity contribution in [1.29, 1.82) is 0 Å². The lowest BCUT2D eigenvalue weighted by Crippen LogP contribution is -2.40. The number of amides is 1. The highest BCUT2D eigenvalue weighted by Crippen LogP contribution is 2.15. The lowest BCUT2D eigenvalue weighted by atomic mass is 10.2. The zero-order valence-corrected chi connectivity index (χ0v) is 11.5. The second-order valence-electron chi connectivity index (χ2n) is 4.14. The Balaban J connectivity index is 2.33. The van der Waals surface area contributed by atoms with Crippen LogP contribution in [0.4, 0.5) is 0 Å². The molecule has 1 unspecified atom stereocenters. The average molecular weight is 271 g/mol. The predicted octanol–water partition coefficient (Wildman–Crippen LogP) is 1.91. The van der Waals surface area contributed by atoms with Crippen LogP contribution in [0.25, 0.3) is 0 Å². The standard InChI is InChI=1S/C13H19ClN2O2/c1-10(9-15)16(2)13(17)7-8-18-12-5-3-11(14)4-6-12/h3-6,10H,7-9,15H2,1-2H3. The zero-order valence-electron chi connectivity index (χ0n) is 10.7. The Kier molecular flexibility index (Phi) is 5.95. The van der Waals surface area contributed by atoms with Crippen LogP contribution in [-0.4, -0.2) is 37.0 Å². The van der Waals surface area contributed by atoms with Crippen LogP contribution in [0.3, 0.4) is 0 Å². The summed E-state index contributed by atoms with van der Waals surface area (Å²) >= 11 is 5.76. The fraction of sp³-hybridized carbons (Fsp3) is 0.462. The maximum absolute atomic E-state index is 11.8. The molecule has 0 aliphatic heterocycles. The molecule has 4 nitrogen and oxygen atoms in total. The summed E-state index contributed by atoms with van der Waals surface area (Å²) in [5, 5.41) is 0.662. The van der Waals surface area contributed by atoms with Crippen molar-refractivity contribution in [1.82, 2.24) is 4.90 Å². The van der Waals surface area contributed by atoms with Gasteiger partial charge in [-0.15, -0.1) is 0 Å². The Labute approximate surface area is 113 Å². The third kappa shape index (κ3) is 4.55. The Morgan fingerprint density at radius 2 is 2.06 bits per heavy atom. The third-order valence-corrected chi connectivity index (χ3v) is 3.05. The molecule has 0 fully saturated rings. The highest BCUT2D eigenvalue weighted by Gasteiger charge is 2.13. The van der Waals surface area contributed by atoms with Crippen LogP contribution < -0.4 is 10.5 Å². The van der Waals surface area contributed by atoms with E-state index in [4.69, 9.17) is 22.1 Å². The van der Waals surface area contributed by atoms with Crippen molar-refractivity contribution in [2.75, 3.05) is 20.2 Å². The third-order valence-electron chi connectivity index (χ3n) is 2.79. The summed E-state index contributed by atoms with van der Waals surface area (Å²) in [7, 11) is 1.75. The van der Waals surface area contributed by atoms with Gasteiger partial charge in [-0.1, -0.05) is 11.6 Å². The number of likely N-dealkylation sites (N-methyl/N-ethyl adjacent to an activating group) is 1. The summed E-state index contributed by atoms with van der Waals surface area (Å²) in [4.78, 5) is 13.4. The van der Waals surface area contributed by atoms with Gasteiger partial charge < -0.3 is 15.4 Å². The number of carbonyl (C=O) groups is 1. The van der Waals surface area contributed by atoms with Gasteiger partial charge in [0.25, 0.3) is 0 Å². The van der Waals surface area contributed by atoms with Crippen molar-refractivity contribution >= 4 is 17.5 Å². The minimum Gasteiger partial charge on any atom is -0.493 e. The fourth-order valence-corrected chi connectivity index (χ4v) is 1.49. The number of hydrogen-bond acceptors (Lipinski definition) is 3. The first-order chi connectivity index (χ1) is 8.54. The van der Waals surface area contributed by atoms with E-state index in [2.05, 4.69) is 0 Å². The van der Waals surface area contributed by atoms with Gasteiger partial charge in [-0.25, -0.2) is 0 Å². The van der Waals surface area contributed by atoms with E-state index in [9.17, 15) is 4.79 Å². The van der Waals surface area contributed by atoms with Crippen molar-refractivity contribution < 1.29 is 9.53 Å². The lowest BCUT2D eigenvalue weighted by Gasteiger charge is -2.23. The van der Waals surface area contributed by atoms with Crippen LogP contribution >= 0.6 is 11.6 Å². The molecule has 0 aromatic heterocycles. The topological polar surface area (TPSA) is 55.6 Å². The molecule has 0 radical (unpaired) electrons. The van der Waals surface area contributed by atoms with Crippen LogP contribution in [0.2, 0.25) is 5.02 Å². The molecule has 5 heteroatoms. The lowest BCUT2D eigenvalue weighted by molar-refractivity contribution is -0.132. The van der Waals surface area contributed by atoms with Gasteiger partial charge in [0, 0.05) is 24.7 Å². The number of rotatable bonds is 6. The molecule has 0 spiro atoms. The van der Waals surface area contributed by atoms with E-state index in [1.807, 2.05) is 6.92 Å². The molecule has 0 bridgehead atoms. The number of benzene rings is 1. The molecular weight excluding hydrogens is 252 g/mol. The Hall–Kier alpha value is -1.26. The van der Waals surface area contributed by atoms with E-state index in [0.29, 0.717) is 30.3 Å². The summed E-state index contributed by atoms with van der Waals surface area (Å²) in [6, 6.07) is 7.11. The number of nitrogens with two attached hydrogens (primary N) is 1. The van der Waals surface area contributed by atoms with Gasteiger partial charge in [0.1, 0.15) is 5.75 Å². The molecule has 100 valence electrons. The summed E-state index contributed by atoms with van der Waals surface area (Å²) < 4.78 is 5.46. The summed E-state index contributed by atoms with van der Waals surface area (Å²) in [6.07, 6.45) is 0.337. The smallest absolute Gasteiger partial charge is 0.226 e. The van der Waals surface area contributed by atoms with Crippen molar-refractivity contribution in [3.63, 3.8) is 0 Å². The molecule has 1 aromatic carbocycles. The van der Waals surface area contributed by atoms with Gasteiger partial charge in [-0.2, -0.15) is 0 Å². The van der Waals surface area contributed by atoms with Crippen molar-refractivity contribution in [3.8, 4) is 5.75 Å². The quantitative estimate of drug-likeness (QED) is 0.859. The Morgan fingerprint density at radius 1 is 1.44 bits per heavy atom. The van der Waals surface area contributed by atoms with E-state index >= 15 is 0 Å². The van der Waals surface area contributed by atoms with Gasteiger partial charge in [0.2, 0.25) is 5.91 Å². The molecule has 0 heterocycles. The first-order valence-electron chi connectivity index (χ1n) is 5.88. The van der Waals surface area contributed by atoms with Gasteiger partial charge >= 0.3 is 0 Å². The first-order valence-corrected chi connectivity index (χ1v) is 6.26. The zero-order chi connectivity index (χ0) is 13.5. The number of ether oxygens (including phenoxy) is 1. The maximum atomic E-state index is 11.8. The van der Waals surface area contributed by atoms with E-state index in [1.54, 1.807) is 36.2 Å². The van der Waals surface area contributed by atoms with Crippen molar-refractivity contribution in [2.45, 2.75) is 19.4 Å². The highest BCUT2D eigenvalue weighted by molar-refractivity contribution is 6.30. The molecule has 0 aliphatic rings. The molecule has 18 heavy (non-hydrogen) atoms. The Morgan fingerprint density at radius 3 is 2.61 bits per heavy atom. The molecular formula is C13H19ClN2O2. The van der Waals surface area contributed by atoms with Gasteiger partial charge in [0.05, 0.1) is 13.0 Å². The molecule has 0 saturated carbocycles. The predicted molar refractivity (Wildman–Crippen MR) is 72.9 cm³/mol. The van der Waals surface area contributed by atoms with E-state index in [0.717, 1.165) is 0 Å². The van der Waals surface area contributed by atoms with Crippen LogP contribution in [-0.2, 0) is 4.79 Å². The second kappa shape index (κ2) is 7.24. The molecule has 1 aromatic rings. The number of hydrogen-bond donors (Lipinski definition) is 1. The van der Waals surface area contributed by atoms with E-state index < -0.39 is 0 Å². The maximum Gasteiger partial charge on any atom is 0.226 e. The minimum atomic E-state index is 0.0295. The van der Waals surface area contributed by atoms with Crippen molar-refractivity contribution in [3.05, 3.63) is 29.3 Å². The normalized spacial score (nSPS) is 12.0. The van der Waals surface area contributed by atoms with Gasteiger partial charge in [-0.05, 0) is 31.2 Å². The first kappa shape index (κ1) is 14.8. The van der Waals surface area contributed by atoms with Crippen molar-refractivity contribution in [2.24, 2.45) is 5.73 Å². The summed E-state index contributed by atoms with van der Waals surface area (Å²) in [5.41, 5.74) is 5.51. The van der Waals surface area contributed by atoms with Crippen LogP contribution in [0.15, 0.2) is 24.3 Å². The molecule has 0 aliphatic carbocycles. The SMILES string of the molecule is CC(CN)N(C)C(=O)CCOc1ccc(Cl)cc1. The molecule has 1 amide bonds. The van der Waals surface area contributed by atoms with Gasteiger partial charge in [-0.3, -0.25) is 4.79 Å². The number of carbonyl (C=O) groups excluding carboxylic acids is 1. The fourth-order valence-electron chi connectivity index (χ4n) is 1.37. The molecule has 1 atom stereocenters. The van der Waals surface area contributed by atoms with Gasteiger partial charge in [0.15, 0.2) is 0 Å². The Bertz CT molecular complexity index is 381. The largest absolute Gasteiger partial charge is 0.493 e. The molecule has 1 rings (SSSR count). The monoisotopic (exact) mass is 270 g/mol. The van der Waals surface area contributed by atoms with E-state index in [-0.39, 0.29) is 11.9 Å². The van der Waals surface area contributed by atoms with Crippen LogP contribution in [0, 0.1) is 0 Å². The highest BCUT2D eigenvalue weighted by atomic mass is 35.5. The number of halogens is 1. The molecule has 0 saturated heterocycles. The van der Waals surface area contributed by atoms with Crippen LogP contribution in [0.5, 0.6) is 5.75 Å². The second-order valence-corrected chi connectivity index (χ2v) is 4.58. The molecule has 2 N–H and O–H groups in total. The number of nitrogens with zero attached hydrogens (tertiary/aromatic N) is 1. The minimum absolute atomic E-state index is 0.0295. The van der Waals surface area contributed by atoms with E-state index in [1.165, 1.54) is 0 Å². The summed E-state index contributed by atoms with van der Waals surface area (Å²) in [6.45, 7) is 2.72. The van der Waals surface area contributed by atoms with Crippen LogP contribution in [0.1, 0.15) is 13.3 Å². The summed E-state index contributed by atoms with van der Waals surface area (Å²) in [5.74, 6) is 0.739.